The van der Waals surface area contributed by atoms with Gasteiger partial charge in [-0.1, -0.05) is 25.6 Å². The maximum Gasteiger partial charge on any atom is 0.140 e. The minimum absolute atomic E-state index is 0.0181. The first-order valence-electron chi connectivity index (χ1n) is 6.35. The average molecular weight is 294 g/mol. The summed E-state index contributed by atoms with van der Waals surface area (Å²) in [6, 6.07) is 6.46. The van der Waals surface area contributed by atoms with E-state index in [4.69, 9.17) is 0 Å². The minimum atomic E-state index is -0.535. The third kappa shape index (κ3) is 4.02. The van der Waals surface area contributed by atoms with Gasteiger partial charge in [-0.25, -0.2) is 8.78 Å². The van der Waals surface area contributed by atoms with Gasteiger partial charge in [0.2, 0.25) is 0 Å². The molecule has 1 heterocycles. The largest absolute Gasteiger partial charge is 0.310 e. The molecule has 0 saturated heterocycles. The van der Waals surface area contributed by atoms with E-state index in [1.165, 1.54) is 12.1 Å². The first kappa shape index (κ1) is 14.9. The van der Waals surface area contributed by atoms with Gasteiger partial charge >= 0.3 is 0 Å². The van der Waals surface area contributed by atoms with E-state index in [9.17, 15) is 8.78 Å². The van der Waals surface area contributed by atoms with Crippen molar-refractivity contribution >= 4 is 11.8 Å². The summed E-state index contributed by atoms with van der Waals surface area (Å²) < 4.78 is 28.0. The van der Waals surface area contributed by atoms with Crippen LogP contribution in [0.25, 0.3) is 0 Å². The van der Waals surface area contributed by atoms with Crippen LogP contribution in [0.5, 0.6) is 0 Å². The van der Waals surface area contributed by atoms with Crippen LogP contribution in [0.1, 0.15) is 19.4 Å². The lowest BCUT2D eigenvalue weighted by Crippen LogP contribution is -2.22. The molecular weight excluding hydrogens is 278 g/mol. The monoisotopic (exact) mass is 294 g/mol. The third-order valence-electron chi connectivity index (χ3n) is 2.64. The third-order valence-corrected chi connectivity index (χ3v) is 3.74. The Kier molecular flexibility index (Phi) is 5.09. The predicted molar refractivity (Wildman–Crippen MR) is 76.7 cm³/mol. The molecule has 0 unspecified atom stereocenters. The van der Waals surface area contributed by atoms with Gasteiger partial charge in [0, 0.05) is 29.9 Å². The van der Waals surface area contributed by atoms with Crippen LogP contribution in [0.3, 0.4) is 0 Å². The SMILES string of the molecule is CC(C)NCc1cc(F)c(Sc2ccncc2)c(F)c1. The van der Waals surface area contributed by atoms with E-state index in [1.54, 1.807) is 24.5 Å². The van der Waals surface area contributed by atoms with Crippen molar-refractivity contribution in [3.63, 3.8) is 0 Å². The van der Waals surface area contributed by atoms with Crippen molar-refractivity contribution in [2.45, 2.75) is 36.2 Å². The standard InChI is InChI=1S/C15H16F2N2S/c1-10(2)19-9-11-7-13(16)15(14(17)8-11)20-12-3-5-18-6-4-12/h3-8,10,19H,9H2,1-2H3. The number of rotatable bonds is 5. The molecule has 2 rings (SSSR count). The molecule has 0 spiro atoms. The lowest BCUT2D eigenvalue weighted by atomic mass is 10.2. The molecule has 1 N–H and O–H groups in total. The number of aromatic nitrogens is 1. The second-order valence-electron chi connectivity index (χ2n) is 4.71. The van der Waals surface area contributed by atoms with E-state index in [0.29, 0.717) is 12.1 Å². The molecule has 1 aromatic carbocycles. The molecule has 0 aliphatic heterocycles. The van der Waals surface area contributed by atoms with E-state index in [0.717, 1.165) is 16.7 Å². The van der Waals surface area contributed by atoms with Crippen LogP contribution in [0.2, 0.25) is 0 Å². The van der Waals surface area contributed by atoms with Crippen molar-refractivity contribution < 1.29 is 8.78 Å². The maximum absolute atomic E-state index is 14.0. The summed E-state index contributed by atoms with van der Waals surface area (Å²) in [5.74, 6) is -1.07. The van der Waals surface area contributed by atoms with Crippen LogP contribution in [0.4, 0.5) is 8.78 Å². The molecule has 2 nitrogen and oxygen atoms in total. The van der Waals surface area contributed by atoms with Gasteiger partial charge in [0.25, 0.3) is 0 Å². The lowest BCUT2D eigenvalue weighted by Gasteiger charge is -2.10. The van der Waals surface area contributed by atoms with Gasteiger partial charge in [0.05, 0.1) is 4.90 Å². The molecular formula is C15H16F2N2S. The molecule has 0 atom stereocenters. The van der Waals surface area contributed by atoms with E-state index in [1.807, 2.05) is 13.8 Å². The van der Waals surface area contributed by atoms with Crippen LogP contribution in [0, 0.1) is 11.6 Å². The molecule has 0 aliphatic rings. The van der Waals surface area contributed by atoms with Crippen LogP contribution >= 0.6 is 11.8 Å². The number of nitrogens with one attached hydrogen (secondary N) is 1. The number of nitrogens with zero attached hydrogens (tertiary/aromatic N) is 1. The van der Waals surface area contributed by atoms with E-state index >= 15 is 0 Å². The summed E-state index contributed by atoms with van der Waals surface area (Å²) in [6.45, 7) is 4.42. The van der Waals surface area contributed by atoms with Crippen LogP contribution in [-0.4, -0.2) is 11.0 Å². The van der Waals surface area contributed by atoms with Gasteiger partial charge in [-0.05, 0) is 29.8 Å². The smallest absolute Gasteiger partial charge is 0.140 e. The van der Waals surface area contributed by atoms with Crippen molar-refractivity contribution in [1.29, 1.82) is 0 Å². The minimum Gasteiger partial charge on any atom is -0.310 e. The van der Waals surface area contributed by atoms with Crippen molar-refractivity contribution in [2.75, 3.05) is 0 Å². The molecule has 0 fully saturated rings. The first-order valence-corrected chi connectivity index (χ1v) is 7.17. The van der Waals surface area contributed by atoms with Gasteiger partial charge in [-0.15, -0.1) is 0 Å². The molecule has 0 radical (unpaired) electrons. The Labute approximate surface area is 121 Å². The summed E-state index contributed by atoms with van der Waals surface area (Å²) in [7, 11) is 0. The highest BCUT2D eigenvalue weighted by Crippen LogP contribution is 2.32. The Morgan fingerprint density at radius 2 is 1.75 bits per heavy atom. The van der Waals surface area contributed by atoms with Crippen molar-refractivity contribution in [1.82, 2.24) is 10.3 Å². The molecule has 106 valence electrons. The van der Waals surface area contributed by atoms with Crippen LogP contribution in [0.15, 0.2) is 46.5 Å². The van der Waals surface area contributed by atoms with Gasteiger partial charge in [0.15, 0.2) is 0 Å². The Hall–Kier alpha value is -1.46. The fourth-order valence-corrected chi connectivity index (χ4v) is 2.46. The highest BCUT2D eigenvalue weighted by Gasteiger charge is 2.13. The van der Waals surface area contributed by atoms with Gasteiger partial charge in [-0.3, -0.25) is 4.98 Å². The number of pyridine rings is 1. The zero-order chi connectivity index (χ0) is 14.5. The van der Waals surface area contributed by atoms with Gasteiger partial charge < -0.3 is 5.32 Å². The Bertz CT molecular complexity index is 550. The summed E-state index contributed by atoms with van der Waals surface area (Å²) >= 11 is 1.06. The maximum atomic E-state index is 14.0. The fourth-order valence-electron chi connectivity index (χ4n) is 1.66. The molecule has 0 saturated carbocycles. The number of benzene rings is 1. The Balaban J connectivity index is 2.18. The highest BCUT2D eigenvalue weighted by molar-refractivity contribution is 7.99. The summed E-state index contributed by atoms with van der Waals surface area (Å²) in [5.41, 5.74) is 0.604. The normalized spacial score (nSPS) is 11.1. The molecule has 0 amide bonds. The highest BCUT2D eigenvalue weighted by atomic mass is 32.2. The number of hydrogen-bond acceptors (Lipinski definition) is 3. The average Bonchev–Trinajstić information content (AvgIpc) is 2.42. The van der Waals surface area contributed by atoms with E-state index in [2.05, 4.69) is 10.3 Å². The molecule has 0 aliphatic carbocycles. The van der Waals surface area contributed by atoms with Crippen LogP contribution in [-0.2, 0) is 6.54 Å². The fraction of sp³-hybridized carbons (Fsp3) is 0.267. The van der Waals surface area contributed by atoms with E-state index in [-0.39, 0.29) is 10.9 Å². The zero-order valence-corrected chi connectivity index (χ0v) is 12.2. The zero-order valence-electron chi connectivity index (χ0n) is 11.4. The second kappa shape index (κ2) is 6.81. The van der Waals surface area contributed by atoms with Crippen molar-refractivity contribution in [3.05, 3.63) is 53.9 Å². The van der Waals surface area contributed by atoms with Crippen molar-refractivity contribution in [2.24, 2.45) is 0 Å². The Morgan fingerprint density at radius 3 is 2.30 bits per heavy atom. The predicted octanol–water partition coefficient (Wildman–Crippen LogP) is 4.01. The lowest BCUT2D eigenvalue weighted by molar-refractivity contribution is 0.529. The van der Waals surface area contributed by atoms with Gasteiger partial charge in [-0.2, -0.15) is 0 Å². The number of hydrogen-bond donors (Lipinski definition) is 1. The Morgan fingerprint density at radius 1 is 1.15 bits per heavy atom. The first-order chi connectivity index (χ1) is 9.56. The second-order valence-corrected chi connectivity index (χ2v) is 5.79. The summed E-state index contributed by atoms with van der Waals surface area (Å²) in [4.78, 5) is 4.65. The number of halogens is 2. The van der Waals surface area contributed by atoms with Gasteiger partial charge in [0.1, 0.15) is 11.6 Å². The molecule has 0 bridgehead atoms. The molecule has 20 heavy (non-hydrogen) atoms. The van der Waals surface area contributed by atoms with E-state index < -0.39 is 11.6 Å². The molecule has 1 aromatic heterocycles. The van der Waals surface area contributed by atoms with Crippen LogP contribution < -0.4 is 5.32 Å². The van der Waals surface area contributed by atoms with Crippen molar-refractivity contribution in [3.8, 4) is 0 Å². The molecule has 2 aromatic rings. The summed E-state index contributed by atoms with van der Waals surface area (Å²) in [6.07, 6.45) is 3.19. The topological polar surface area (TPSA) is 24.9 Å². The summed E-state index contributed by atoms with van der Waals surface area (Å²) in [5, 5.41) is 3.14. The quantitative estimate of drug-likeness (QED) is 0.902. The molecule has 5 heteroatoms.